The van der Waals surface area contributed by atoms with E-state index in [0.717, 1.165) is 21.4 Å². The van der Waals surface area contributed by atoms with Crippen LogP contribution >= 0.6 is 0 Å². The Morgan fingerprint density at radius 3 is 0.455 bits per heavy atom. The summed E-state index contributed by atoms with van der Waals surface area (Å²) in [7, 11) is 0. The number of hydrogen-bond acceptors (Lipinski definition) is 12. The SMILES string of the molecule is O.O.O=N[O-].O=N[O-].O=N[O-].O=N[O-].[Ni+2].[OH3+].[OH3+].[OH3+].[OH3+].[OH3+].[OH3+].[Pd+2]. The second kappa shape index (κ2) is 1110. The predicted molar refractivity (Wildman–Crippen MR) is 73.1 cm³/mol. The van der Waals surface area contributed by atoms with Crippen LogP contribution in [0.2, 0.25) is 0 Å². The van der Waals surface area contributed by atoms with Crippen molar-refractivity contribution in [2.24, 2.45) is 21.4 Å². The van der Waals surface area contributed by atoms with Crippen molar-refractivity contribution in [3.8, 4) is 0 Å². The molecule has 0 atom stereocenters. The molecule has 0 unspecified atom stereocenters. The Balaban J connectivity index is -0.00000000281. The van der Waals surface area contributed by atoms with E-state index in [9.17, 15) is 0 Å². The summed E-state index contributed by atoms with van der Waals surface area (Å²) < 4.78 is 0. The molecule has 0 amide bonds. The van der Waals surface area contributed by atoms with Gasteiger partial charge >= 0.3 is 36.9 Å². The molecular formula is H22N4NiO16Pd+6. The quantitative estimate of drug-likeness (QED) is 0.133. The minimum absolute atomic E-state index is 0. The van der Waals surface area contributed by atoms with E-state index >= 15 is 0 Å². The monoisotopic (exact) mass is 498 g/mol. The van der Waals surface area contributed by atoms with Crippen LogP contribution in [0.3, 0.4) is 0 Å². The maximum absolute atomic E-state index is 8.00. The molecule has 0 aliphatic carbocycles. The average Bonchev–Trinajstić information content (AvgIpc) is 1.92. The van der Waals surface area contributed by atoms with Crippen molar-refractivity contribution < 1.29 is 80.7 Å². The van der Waals surface area contributed by atoms with Crippen LogP contribution in [0.5, 0.6) is 0 Å². The van der Waals surface area contributed by atoms with Gasteiger partial charge in [0, 0.05) is 0 Å². The zero-order chi connectivity index (χ0) is 10.8. The molecule has 0 rings (SSSR count). The maximum atomic E-state index is 8.00. The van der Waals surface area contributed by atoms with Gasteiger partial charge in [0.05, 0.1) is 0 Å². The Labute approximate surface area is 143 Å². The molecule has 0 aliphatic heterocycles. The summed E-state index contributed by atoms with van der Waals surface area (Å²) in [6, 6.07) is 0. The van der Waals surface area contributed by atoms with Crippen molar-refractivity contribution in [1.82, 2.24) is 0 Å². The van der Waals surface area contributed by atoms with Gasteiger partial charge in [0.15, 0.2) is 0 Å². The Morgan fingerprint density at radius 2 is 0.455 bits per heavy atom. The molecule has 0 aromatic heterocycles. The fraction of sp³-hybridized carbons (Fsp3) is 0. The van der Waals surface area contributed by atoms with Gasteiger partial charge < -0.3 is 84.3 Å². The first-order chi connectivity index (χ1) is 5.66. The van der Waals surface area contributed by atoms with Crippen LogP contribution in [0.15, 0.2) is 21.4 Å². The zero-order valence-electron chi connectivity index (χ0n) is 10.2. The van der Waals surface area contributed by atoms with Crippen LogP contribution < -0.4 is 0 Å². The molecule has 0 heterocycles. The Morgan fingerprint density at radius 1 is 0.455 bits per heavy atom. The number of hydrogen-bond donors (Lipinski definition) is 0. The minimum atomic E-state index is 0. The van der Waals surface area contributed by atoms with Crippen LogP contribution in [0.4, 0.5) is 0 Å². The number of nitrogens with zero attached hydrogens (tertiary/aromatic N) is 4. The van der Waals surface area contributed by atoms with Gasteiger partial charge in [-0.2, -0.15) is 0 Å². The van der Waals surface area contributed by atoms with Gasteiger partial charge in [-0.15, -0.1) is 21.4 Å². The van der Waals surface area contributed by atoms with Gasteiger partial charge in [-0.1, -0.05) is 0 Å². The van der Waals surface area contributed by atoms with Gasteiger partial charge in [-0.05, 0) is 0 Å². The molecular weight excluding hydrogens is 477 g/mol. The van der Waals surface area contributed by atoms with E-state index in [1.807, 2.05) is 0 Å². The smallest absolute Gasteiger partial charge is 0.457 e. The molecule has 22 heteroatoms. The fourth-order valence-corrected chi connectivity index (χ4v) is 0. The summed E-state index contributed by atoms with van der Waals surface area (Å²) in [6.45, 7) is 0. The van der Waals surface area contributed by atoms with Crippen molar-refractivity contribution in [2.45, 2.75) is 0 Å². The largest absolute Gasteiger partial charge is 2.00 e. The van der Waals surface area contributed by atoms with Gasteiger partial charge in [0.25, 0.3) is 0 Å². The molecule has 0 fully saturated rings. The molecule has 20 nitrogen and oxygen atoms in total. The average molecular weight is 499 g/mol. The zero-order valence-corrected chi connectivity index (χ0v) is 12.7. The Hall–Kier alpha value is -1.56. The normalized spacial score (nSPS) is 2.18. The minimum Gasteiger partial charge on any atom is -0.457 e. The standard InChI is InChI=1S/4HNO2.Ni.8H2O.Pd/c4*2-1-3;;;;;;;;;;/h4*(H,2,3);;8*1H2;/q;;;;+2;;;;;;;;;+2/p+2. The number of rotatable bonds is 0. The first-order valence-electron chi connectivity index (χ1n) is 1.46. The van der Waals surface area contributed by atoms with E-state index in [1.54, 1.807) is 0 Å². The summed E-state index contributed by atoms with van der Waals surface area (Å²) >= 11 is 0. The molecule has 0 spiro atoms. The molecule has 0 radical (unpaired) electrons. The van der Waals surface area contributed by atoms with E-state index in [1.165, 1.54) is 0 Å². The molecule has 22 N–H and O–H groups in total. The van der Waals surface area contributed by atoms with Crippen LogP contribution in [-0.2, 0) is 69.8 Å². The molecule has 0 aromatic rings. The third-order valence-corrected chi connectivity index (χ3v) is 0. The first-order valence-corrected chi connectivity index (χ1v) is 1.46. The van der Waals surface area contributed by atoms with Crippen LogP contribution in [0.1, 0.15) is 0 Å². The second-order valence-corrected chi connectivity index (χ2v) is 0.298. The van der Waals surface area contributed by atoms with E-state index in [0.29, 0.717) is 0 Å². The summed E-state index contributed by atoms with van der Waals surface area (Å²) in [6.07, 6.45) is 0. The summed E-state index contributed by atoms with van der Waals surface area (Å²) in [5, 5.41) is 36.0. The van der Waals surface area contributed by atoms with Crippen molar-refractivity contribution >= 4 is 0 Å². The van der Waals surface area contributed by atoms with E-state index in [4.69, 9.17) is 40.5 Å². The van der Waals surface area contributed by atoms with Crippen molar-refractivity contribution in [1.29, 1.82) is 0 Å². The Bertz CT molecular complexity index is 80.1. The van der Waals surface area contributed by atoms with E-state index in [-0.39, 0.29) is 80.7 Å². The molecule has 0 bridgehead atoms. The molecule has 0 aromatic carbocycles. The van der Waals surface area contributed by atoms with Gasteiger partial charge in [0.2, 0.25) is 0 Å². The second-order valence-electron chi connectivity index (χ2n) is 0.298. The molecule has 0 saturated heterocycles. The molecule has 22 heavy (non-hydrogen) atoms. The van der Waals surface area contributed by atoms with Crippen LogP contribution in [0.25, 0.3) is 0 Å². The van der Waals surface area contributed by atoms with Crippen molar-refractivity contribution in [2.75, 3.05) is 0 Å². The predicted octanol–water partition coefficient (Wildman–Crippen LogP) is -6.18. The summed E-state index contributed by atoms with van der Waals surface area (Å²) in [5.74, 6) is 0. The van der Waals surface area contributed by atoms with Crippen LogP contribution in [-0.4, -0.2) is 11.0 Å². The topological polar surface area (TPSA) is 471 Å². The Kier molecular flexibility index (Phi) is 9430. The van der Waals surface area contributed by atoms with E-state index < -0.39 is 0 Å². The third-order valence-electron chi connectivity index (χ3n) is 0. The molecule has 152 valence electrons. The first kappa shape index (κ1) is 186. The third kappa shape index (κ3) is 2290. The fourth-order valence-electron chi connectivity index (χ4n) is 0. The van der Waals surface area contributed by atoms with Crippen molar-refractivity contribution in [3.63, 3.8) is 0 Å². The summed E-state index contributed by atoms with van der Waals surface area (Å²) in [5.41, 5.74) is 0. The summed E-state index contributed by atoms with van der Waals surface area (Å²) in [4.78, 5) is 32.0. The van der Waals surface area contributed by atoms with Crippen molar-refractivity contribution in [3.05, 3.63) is 40.5 Å². The molecule has 0 saturated carbocycles. The van der Waals surface area contributed by atoms with Gasteiger partial charge in [0.1, 0.15) is 0 Å². The van der Waals surface area contributed by atoms with Gasteiger partial charge in [-0.3, -0.25) is 0 Å². The van der Waals surface area contributed by atoms with E-state index in [2.05, 4.69) is 0 Å². The molecule has 0 aliphatic rings. The van der Waals surface area contributed by atoms with Gasteiger partial charge in [-0.25, -0.2) is 0 Å². The van der Waals surface area contributed by atoms with Crippen LogP contribution in [0, 0.1) is 40.5 Å². The maximum Gasteiger partial charge on any atom is 2.00 e.